The van der Waals surface area contributed by atoms with E-state index in [4.69, 9.17) is 9.47 Å². The highest BCUT2D eigenvalue weighted by Crippen LogP contribution is 2.32. The minimum absolute atomic E-state index is 0.189. The third-order valence-electron chi connectivity index (χ3n) is 3.62. The minimum atomic E-state index is -0.189. The van der Waals surface area contributed by atoms with Gasteiger partial charge in [0.25, 0.3) is 5.91 Å². The maximum atomic E-state index is 12.6. The molecule has 6 nitrogen and oxygen atoms in total. The van der Waals surface area contributed by atoms with Crippen LogP contribution in [0.3, 0.4) is 0 Å². The Labute approximate surface area is 145 Å². The average Bonchev–Trinajstić information content (AvgIpc) is 3.26. The Bertz CT molecular complexity index is 1050. The zero-order valence-corrected chi connectivity index (χ0v) is 14.5. The zero-order chi connectivity index (χ0) is 16.7. The molecular formula is C16H13N3O3S2. The van der Waals surface area contributed by atoms with Gasteiger partial charge >= 0.3 is 0 Å². The Kier molecular flexibility index (Phi) is 3.62. The summed E-state index contributed by atoms with van der Waals surface area (Å²) >= 11 is 2.95. The van der Waals surface area contributed by atoms with Crippen LogP contribution in [0.25, 0.3) is 15.3 Å². The highest BCUT2D eigenvalue weighted by Gasteiger charge is 2.16. The molecule has 0 aliphatic carbocycles. The van der Waals surface area contributed by atoms with Gasteiger partial charge in [-0.25, -0.2) is 4.98 Å². The second-order valence-corrected chi connectivity index (χ2v) is 6.89. The van der Waals surface area contributed by atoms with Crippen LogP contribution in [-0.2, 0) is 0 Å². The van der Waals surface area contributed by atoms with Crippen molar-refractivity contribution in [1.82, 2.24) is 9.38 Å². The van der Waals surface area contributed by atoms with Gasteiger partial charge in [-0.2, -0.15) is 0 Å². The van der Waals surface area contributed by atoms with Crippen molar-refractivity contribution in [3.8, 4) is 11.5 Å². The van der Waals surface area contributed by atoms with E-state index in [1.807, 2.05) is 22.0 Å². The van der Waals surface area contributed by atoms with E-state index in [0.717, 1.165) is 15.3 Å². The Balaban J connectivity index is 1.65. The Hall–Kier alpha value is -2.58. The van der Waals surface area contributed by atoms with Crippen LogP contribution in [0.15, 0.2) is 35.8 Å². The second-order valence-electron chi connectivity index (χ2n) is 4.99. The van der Waals surface area contributed by atoms with Crippen molar-refractivity contribution in [2.75, 3.05) is 19.5 Å². The molecule has 4 rings (SSSR count). The third-order valence-corrected chi connectivity index (χ3v) is 5.39. The van der Waals surface area contributed by atoms with E-state index in [-0.39, 0.29) is 5.91 Å². The molecule has 0 saturated heterocycles. The van der Waals surface area contributed by atoms with Gasteiger partial charge in [-0.15, -0.1) is 22.7 Å². The lowest BCUT2D eigenvalue weighted by Crippen LogP contribution is -2.11. The van der Waals surface area contributed by atoms with E-state index < -0.39 is 0 Å². The Morgan fingerprint density at radius 1 is 1.25 bits per heavy atom. The van der Waals surface area contributed by atoms with E-state index in [1.54, 1.807) is 43.8 Å². The molecule has 122 valence electrons. The maximum Gasteiger partial charge on any atom is 0.265 e. The number of thiophene rings is 1. The molecule has 3 aromatic heterocycles. The van der Waals surface area contributed by atoms with E-state index in [1.165, 1.54) is 11.3 Å². The van der Waals surface area contributed by atoms with Crippen LogP contribution in [0.2, 0.25) is 0 Å². The number of thiazole rings is 1. The lowest BCUT2D eigenvalue weighted by Gasteiger charge is -2.10. The summed E-state index contributed by atoms with van der Waals surface area (Å²) in [4.78, 5) is 19.5. The van der Waals surface area contributed by atoms with Crippen LogP contribution in [0.5, 0.6) is 11.5 Å². The number of carbonyl (C=O) groups excluding carboxylic acids is 1. The molecule has 1 aromatic carbocycles. The number of anilines is 1. The molecule has 3 heterocycles. The predicted octanol–water partition coefficient (Wildman–Crippen LogP) is 3.88. The number of imidazole rings is 1. The van der Waals surface area contributed by atoms with Crippen LogP contribution >= 0.6 is 22.7 Å². The van der Waals surface area contributed by atoms with Gasteiger partial charge in [-0.05, 0) is 18.2 Å². The smallest absolute Gasteiger partial charge is 0.265 e. The summed E-state index contributed by atoms with van der Waals surface area (Å²) in [7, 11) is 3.14. The number of carbonyl (C=O) groups is 1. The molecule has 0 fully saturated rings. The quantitative estimate of drug-likeness (QED) is 0.600. The van der Waals surface area contributed by atoms with Gasteiger partial charge < -0.3 is 14.8 Å². The van der Waals surface area contributed by atoms with Gasteiger partial charge in [0.2, 0.25) is 0 Å². The van der Waals surface area contributed by atoms with Crippen LogP contribution < -0.4 is 14.8 Å². The van der Waals surface area contributed by atoms with Gasteiger partial charge in [-0.3, -0.25) is 9.20 Å². The number of nitrogens with one attached hydrogen (secondary N) is 1. The normalized spacial score (nSPS) is 11.1. The first-order valence-corrected chi connectivity index (χ1v) is 8.77. The van der Waals surface area contributed by atoms with Crippen LogP contribution in [0, 0.1) is 0 Å². The number of nitrogens with zero attached hydrogens (tertiary/aromatic N) is 2. The molecule has 0 unspecified atom stereocenters. The van der Waals surface area contributed by atoms with E-state index >= 15 is 0 Å². The minimum Gasteiger partial charge on any atom is -0.497 e. The topological polar surface area (TPSA) is 64.9 Å². The number of fused-ring (bicyclic) bond motifs is 3. The molecule has 0 spiro atoms. The monoisotopic (exact) mass is 359 g/mol. The van der Waals surface area contributed by atoms with Crippen LogP contribution in [0.1, 0.15) is 9.67 Å². The van der Waals surface area contributed by atoms with Gasteiger partial charge in [0.15, 0.2) is 4.96 Å². The molecule has 24 heavy (non-hydrogen) atoms. The summed E-state index contributed by atoms with van der Waals surface area (Å²) in [6, 6.07) is 7.12. The molecule has 0 radical (unpaired) electrons. The summed E-state index contributed by atoms with van der Waals surface area (Å²) in [5.74, 6) is 1.02. The Morgan fingerprint density at radius 3 is 2.92 bits per heavy atom. The zero-order valence-electron chi connectivity index (χ0n) is 12.9. The van der Waals surface area contributed by atoms with Crippen molar-refractivity contribution in [3.63, 3.8) is 0 Å². The van der Waals surface area contributed by atoms with Crippen molar-refractivity contribution in [2.24, 2.45) is 0 Å². The standard InChI is InChI=1S/C16H13N3O3S2/c1-21-9-3-4-10(12(7-9)22-2)17-14(20)13-8-11-15(24-13)18-16-19(11)5-6-23-16/h3-8H,1-2H3,(H,17,20). The first kappa shape index (κ1) is 15.0. The number of aromatic nitrogens is 2. The fourth-order valence-electron chi connectivity index (χ4n) is 2.45. The fourth-order valence-corrected chi connectivity index (χ4v) is 4.14. The van der Waals surface area contributed by atoms with E-state index in [0.29, 0.717) is 22.1 Å². The molecule has 0 atom stereocenters. The molecular weight excluding hydrogens is 346 g/mol. The molecule has 1 amide bonds. The van der Waals surface area contributed by atoms with E-state index in [2.05, 4.69) is 10.3 Å². The lowest BCUT2D eigenvalue weighted by molar-refractivity contribution is 0.103. The largest absolute Gasteiger partial charge is 0.497 e. The summed E-state index contributed by atoms with van der Waals surface area (Å²) in [5, 5.41) is 4.85. The molecule has 0 bridgehead atoms. The predicted molar refractivity (Wildman–Crippen MR) is 96.0 cm³/mol. The van der Waals surface area contributed by atoms with Gasteiger partial charge in [-0.1, -0.05) is 0 Å². The van der Waals surface area contributed by atoms with Crippen molar-refractivity contribution in [2.45, 2.75) is 0 Å². The van der Waals surface area contributed by atoms with Crippen molar-refractivity contribution in [1.29, 1.82) is 0 Å². The lowest BCUT2D eigenvalue weighted by atomic mass is 10.2. The van der Waals surface area contributed by atoms with Crippen molar-refractivity contribution in [3.05, 3.63) is 40.7 Å². The molecule has 0 saturated carbocycles. The number of methoxy groups -OCH3 is 2. The maximum absolute atomic E-state index is 12.6. The fraction of sp³-hybridized carbons (Fsp3) is 0.125. The summed E-state index contributed by atoms with van der Waals surface area (Å²) in [6.07, 6.45) is 1.95. The highest BCUT2D eigenvalue weighted by atomic mass is 32.1. The molecule has 0 aliphatic heterocycles. The summed E-state index contributed by atoms with van der Waals surface area (Å²) in [5.41, 5.74) is 1.54. The van der Waals surface area contributed by atoms with Crippen LogP contribution in [0.4, 0.5) is 5.69 Å². The molecule has 4 aromatic rings. The van der Waals surface area contributed by atoms with Crippen molar-refractivity contribution >= 4 is 49.6 Å². The Morgan fingerprint density at radius 2 is 2.12 bits per heavy atom. The molecule has 1 N–H and O–H groups in total. The highest BCUT2D eigenvalue weighted by molar-refractivity contribution is 7.21. The van der Waals surface area contributed by atoms with Gasteiger partial charge in [0.05, 0.1) is 30.3 Å². The van der Waals surface area contributed by atoms with E-state index in [9.17, 15) is 4.79 Å². The number of benzene rings is 1. The number of hydrogen-bond acceptors (Lipinski definition) is 6. The third kappa shape index (κ3) is 2.40. The van der Waals surface area contributed by atoms with Gasteiger partial charge in [0.1, 0.15) is 16.3 Å². The number of hydrogen-bond donors (Lipinski definition) is 1. The SMILES string of the molecule is COc1ccc(NC(=O)c2cc3c(nc4sccn43)s2)c(OC)c1. The summed E-state index contributed by atoms with van der Waals surface area (Å²) < 4.78 is 12.5. The molecule has 0 aliphatic rings. The molecule has 8 heteroatoms. The number of ether oxygens (including phenoxy) is 2. The average molecular weight is 359 g/mol. The van der Waals surface area contributed by atoms with Gasteiger partial charge in [0, 0.05) is 17.6 Å². The number of rotatable bonds is 4. The summed E-state index contributed by atoms with van der Waals surface area (Å²) in [6.45, 7) is 0. The van der Waals surface area contributed by atoms with Crippen LogP contribution in [-0.4, -0.2) is 29.5 Å². The first-order chi connectivity index (χ1) is 11.7. The first-order valence-electron chi connectivity index (χ1n) is 7.08. The van der Waals surface area contributed by atoms with Crippen molar-refractivity contribution < 1.29 is 14.3 Å². The number of amides is 1. The second kappa shape index (κ2) is 5.81.